The Morgan fingerprint density at radius 3 is 1.49 bits per heavy atom. The summed E-state index contributed by atoms with van der Waals surface area (Å²) in [6, 6.07) is 21.4. The summed E-state index contributed by atoms with van der Waals surface area (Å²) in [7, 11) is -8.30. The smallest absolute Gasteiger partial charge is 0.338 e. The molecule has 0 radical (unpaired) electrons. The summed E-state index contributed by atoms with van der Waals surface area (Å²) in [6.45, 7) is 4.32. The molecule has 4 amide bonds. The molecule has 1 atom stereocenters. The minimum atomic E-state index is -4.15. The molecule has 4 aromatic carbocycles. The summed E-state index contributed by atoms with van der Waals surface area (Å²) in [4.78, 5) is 50.1. The summed E-state index contributed by atoms with van der Waals surface area (Å²) in [6.07, 6.45) is -0.908. The topological polar surface area (TPSA) is 203 Å². The number of aryl methyl sites for hydroxylation is 2. The lowest BCUT2D eigenvalue weighted by molar-refractivity contribution is 0.00449. The molecule has 49 heavy (non-hydrogen) atoms. The van der Waals surface area contributed by atoms with Crippen molar-refractivity contribution in [2.75, 3.05) is 17.2 Å². The van der Waals surface area contributed by atoms with E-state index in [9.17, 15) is 36.0 Å². The van der Waals surface area contributed by atoms with Crippen molar-refractivity contribution < 1.29 is 45.5 Å². The second-order valence-electron chi connectivity index (χ2n) is 10.6. The molecule has 4 N–H and O–H groups in total. The highest BCUT2D eigenvalue weighted by Gasteiger charge is 2.22. The Labute approximate surface area is 282 Å². The maximum Gasteiger partial charge on any atom is 0.338 e. The maximum absolute atomic E-state index is 12.7. The number of nitrogens with one attached hydrogen (secondary N) is 4. The summed E-state index contributed by atoms with van der Waals surface area (Å²) in [5.74, 6) is -1.62. The molecule has 14 nitrogen and oxygen atoms in total. The van der Waals surface area contributed by atoms with E-state index in [1.54, 1.807) is 38.1 Å². The predicted octanol–water partition coefficient (Wildman–Crippen LogP) is 4.73. The molecule has 0 aliphatic heterocycles. The van der Waals surface area contributed by atoms with Gasteiger partial charge in [-0.2, -0.15) is 0 Å². The molecule has 0 aromatic heterocycles. The molecule has 0 aliphatic rings. The molecule has 0 fully saturated rings. The van der Waals surface area contributed by atoms with Gasteiger partial charge in [-0.1, -0.05) is 48.5 Å². The third-order valence-electron chi connectivity index (χ3n) is 6.69. The Morgan fingerprint density at radius 1 is 0.612 bits per heavy atom. The Kier molecular flexibility index (Phi) is 11.4. The summed E-state index contributed by atoms with van der Waals surface area (Å²) in [5, 5.41) is 4.73. The number of esters is 2. The Bertz CT molecular complexity index is 2120. The number of carbonyl (C=O) groups is 4. The predicted molar refractivity (Wildman–Crippen MR) is 179 cm³/mol. The van der Waals surface area contributed by atoms with Crippen molar-refractivity contribution in [3.8, 4) is 0 Å². The van der Waals surface area contributed by atoms with Gasteiger partial charge in [0.1, 0.15) is 12.7 Å². The molecular weight excluding hydrogens is 677 g/mol. The highest BCUT2D eigenvalue weighted by Crippen LogP contribution is 2.18. The van der Waals surface area contributed by atoms with E-state index in [1.165, 1.54) is 79.7 Å². The summed E-state index contributed by atoms with van der Waals surface area (Å²) < 4.78 is 64.8. The van der Waals surface area contributed by atoms with Gasteiger partial charge in [0.25, 0.3) is 20.0 Å². The van der Waals surface area contributed by atoms with E-state index in [0.717, 1.165) is 0 Å². The third-order valence-corrected chi connectivity index (χ3v) is 9.67. The van der Waals surface area contributed by atoms with E-state index < -0.39 is 50.2 Å². The molecule has 256 valence electrons. The van der Waals surface area contributed by atoms with Crippen LogP contribution in [0.3, 0.4) is 0 Å². The van der Waals surface area contributed by atoms with Crippen LogP contribution in [-0.4, -0.2) is 53.5 Å². The highest BCUT2D eigenvalue weighted by atomic mass is 32.2. The number of hydrogen-bond donors (Lipinski definition) is 4. The minimum absolute atomic E-state index is 0.0271. The van der Waals surface area contributed by atoms with E-state index in [4.69, 9.17) is 9.47 Å². The molecular formula is C33H32N4O10S2. The van der Waals surface area contributed by atoms with Gasteiger partial charge >= 0.3 is 24.0 Å². The van der Waals surface area contributed by atoms with Crippen molar-refractivity contribution in [1.82, 2.24) is 9.44 Å². The Hall–Kier alpha value is -5.74. The average Bonchev–Trinajstić information content (AvgIpc) is 3.03. The number of sulfonamides is 2. The van der Waals surface area contributed by atoms with Gasteiger partial charge in [0, 0.05) is 11.4 Å². The van der Waals surface area contributed by atoms with E-state index in [0.29, 0.717) is 11.1 Å². The molecule has 16 heteroatoms. The van der Waals surface area contributed by atoms with Crippen LogP contribution >= 0.6 is 0 Å². The van der Waals surface area contributed by atoms with Crippen molar-refractivity contribution in [1.29, 1.82) is 0 Å². The largest absolute Gasteiger partial charge is 0.458 e. The first-order valence-electron chi connectivity index (χ1n) is 14.5. The van der Waals surface area contributed by atoms with Crippen LogP contribution < -0.4 is 20.1 Å². The van der Waals surface area contributed by atoms with Crippen LogP contribution in [-0.2, 0) is 29.5 Å². The number of carbonyl (C=O) groups excluding carboxylic acids is 4. The Balaban J connectivity index is 1.28. The second kappa shape index (κ2) is 15.4. The van der Waals surface area contributed by atoms with Gasteiger partial charge < -0.3 is 20.1 Å². The fourth-order valence-corrected chi connectivity index (χ4v) is 6.70. The summed E-state index contributed by atoms with van der Waals surface area (Å²) in [5.41, 5.74) is 1.18. The Morgan fingerprint density at radius 2 is 1.04 bits per heavy atom. The van der Waals surface area contributed by atoms with Crippen molar-refractivity contribution in [2.45, 2.75) is 36.7 Å². The number of benzene rings is 4. The van der Waals surface area contributed by atoms with Crippen molar-refractivity contribution in [3.63, 3.8) is 0 Å². The molecule has 0 saturated heterocycles. The quantitative estimate of drug-likeness (QED) is 0.158. The number of hydrogen-bond acceptors (Lipinski definition) is 10. The number of rotatable bonds is 11. The van der Waals surface area contributed by atoms with E-state index >= 15 is 0 Å². The van der Waals surface area contributed by atoms with Gasteiger partial charge in [-0.05, 0) is 80.4 Å². The van der Waals surface area contributed by atoms with Crippen LogP contribution in [0.25, 0.3) is 0 Å². The lowest BCUT2D eigenvalue weighted by atomic mass is 10.2. The second-order valence-corrected chi connectivity index (χ2v) is 13.9. The minimum Gasteiger partial charge on any atom is -0.458 e. The van der Waals surface area contributed by atoms with Gasteiger partial charge in [-0.15, -0.1) is 0 Å². The first-order chi connectivity index (χ1) is 23.1. The number of urea groups is 2. The molecule has 4 rings (SSSR count). The molecule has 0 aliphatic carbocycles. The van der Waals surface area contributed by atoms with Gasteiger partial charge in [0.2, 0.25) is 0 Å². The lowest BCUT2D eigenvalue weighted by Crippen LogP contribution is -2.34. The standard InChI is InChI=1S/C33H32N4O10S2/c1-21-10-4-6-16-28(21)48(42,43)36-32(40)34-26-14-8-12-24(18-26)30(38)46-20-23(3)47-31(39)25-13-9-15-27(19-25)35-33(41)37-49(44,45)29-17-7-5-11-22(29)2/h4-19,23H,20H2,1-3H3,(H2,34,36,40)(H2,35,37,41). The van der Waals surface area contributed by atoms with Crippen LogP contribution in [0, 0.1) is 13.8 Å². The zero-order valence-electron chi connectivity index (χ0n) is 26.4. The molecule has 1 unspecified atom stereocenters. The van der Waals surface area contributed by atoms with Crippen molar-refractivity contribution in [3.05, 3.63) is 119 Å². The number of ether oxygens (including phenoxy) is 2. The van der Waals surface area contributed by atoms with Crippen molar-refractivity contribution in [2.24, 2.45) is 0 Å². The van der Waals surface area contributed by atoms with Gasteiger partial charge in [-0.3, -0.25) is 0 Å². The first kappa shape index (κ1) is 36.1. The monoisotopic (exact) mass is 708 g/mol. The fourth-order valence-electron chi connectivity index (χ4n) is 4.39. The number of amides is 4. The normalized spacial score (nSPS) is 11.8. The highest BCUT2D eigenvalue weighted by molar-refractivity contribution is 7.90. The fraction of sp³-hybridized carbons (Fsp3) is 0.152. The molecule has 0 spiro atoms. The van der Waals surface area contributed by atoms with E-state index in [2.05, 4.69) is 10.6 Å². The lowest BCUT2D eigenvalue weighted by Gasteiger charge is -2.15. The van der Waals surface area contributed by atoms with Crippen molar-refractivity contribution >= 4 is 55.4 Å². The zero-order valence-corrected chi connectivity index (χ0v) is 28.1. The SMILES string of the molecule is Cc1ccccc1S(=O)(=O)NC(=O)Nc1cccc(C(=O)OCC(C)OC(=O)c2cccc(NC(=O)NS(=O)(=O)c3ccccc3C)c2)c1. The average molecular weight is 709 g/mol. The van der Waals surface area contributed by atoms with E-state index in [-0.39, 0.29) is 38.9 Å². The first-order valence-corrected chi connectivity index (χ1v) is 17.5. The van der Waals surface area contributed by atoms with Crippen LogP contribution in [0.2, 0.25) is 0 Å². The maximum atomic E-state index is 12.7. The van der Waals surface area contributed by atoms with Gasteiger partial charge in [0.05, 0.1) is 20.9 Å². The molecule has 0 bridgehead atoms. The van der Waals surface area contributed by atoms with Crippen LogP contribution in [0.1, 0.15) is 38.8 Å². The zero-order chi connectivity index (χ0) is 35.8. The van der Waals surface area contributed by atoms with Gasteiger partial charge in [0.15, 0.2) is 0 Å². The van der Waals surface area contributed by atoms with E-state index in [1.807, 2.05) is 9.44 Å². The molecule has 0 heterocycles. The van der Waals surface area contributed by atoms with Gasteiger partial charge in [-0.25, -0.2) is 45.5 Å². The van der Waals surface area contributed by atoms with Crippen LogP contribution in [0.15, 0.2) is 107 Å². The molecule has 0 saturated carbocycles. The third kappa shape index (κ3) is 9.88. The molecule has 4 aromatic rings. The van der Waals surface area contributed by atoms with Crippen LogP contribution in [0.5, 0.6) is 0 Å². The van der Waals surface area contributed by atoms with Crippen LogP contribution in [0.4, 0.5) is 21.0 Å². The summed E-state index contributed by atoms with van der Waals surface area (Å²) >= 11 is 0. The number of anilines is 2.